The highest BCUT2D eigenvalue weighted by Crippen LogP contribution is 2.20. The van der Waals surface area contributed by atoms with Crippen molar-refractivity contribution in [3.05, 3.63) is 50.4 Å². The van der Waals surface area contributed by atoms with Crippen LogP contribution < -0.4 is 20.9 Å². The molecule has 13 nitrogen and oxygen atoms in total. The Kier molecular flexibility index (Phi) is 6.25. The highest BCUT2D eigenvalue weighted by Gasteiger charge is 2.27. The minimum absolute atomic E-state index is 0.0296. The summed E-state index contributed by atoms with van der Waals surface area (Å²) in [6.07, 6.45) is 2.69. The summed E-state index contributed by atoms with van der Waals surface area (Å²) >= 11 is 0. The van der Waals surface area contributed by atoms with Gasteiger partial charge in [0, 0.05) is 25.2 Å². The van der Waals surface area contributed by atoms with Gasteiger partial charge in [-0.25, -0.2) is 14.6 Å². The van der Waals surface area contributed by atoms with E-state index in [9.17, 15) is 19.2 Å². The summed E-state index contributed by atoms with van der Waals surface area (Å²) in [4.78, 5) is 55.9. The van der Waals surface area contributed by atoms with Crippen LogP contribution in [0.3, 0.4) is 0 Å². The molecule has 3 aromatic rings. The highest BCUT2D eigenvalue weighted by molar-refractivity contribution is 6.10. The molecule has 0 bridgehead atoms. The molecule has 13 heteroatoms. The summed E-state index contributed by atoms with van der Waals surface area (Å²) in [5, 5.41) is 17.0. The summed E-state index contributed by atoms with van der Waals surface area (Å²) in [5.41, 5.74) is -0.441. The summed E-state index contributed by atoms with van der Waals surface area (Å²) in [7, 11) is 0. The van der Waals surface area contributed by atoms with Crippen LogP contribution >= 0.6 is 0 Å². The topological polar surface area (TPSA) is 165 Å². The van der Waals surface area contributed by atoms with Crippen LogP contribution in [0.1, 0.15) is 32.5 Å². The van der Waals surface area contributed by atoms with Gasteiger partial charge in [-0.2, -0.15) is 0 Å². The van der Waals surface area contributed by atoms with Gasteiger partial charge in [-0.3, -0.25) is 24.0 Å². The summed E-state index contributed by atoms with van der Waals surface area (Å²) in [6.45, 7) is 4.59. The molecule has 1 aliphatic rings. The van der Waals surface area contributed by atoms with Crippen molar-refractivity contribution < 1.29 is 19.4 Å². The molecule has 4 heterocycles. The second-order valence-electron chi connectivity index (χ2n) is 7.63. The van der Waals surface area contributed by atoms with Crippen molar-refractivity contribution in [3.8, 4) is 5.88 Å². The van der Waals surface area contributed by atoms with Crippen molar-refractivity contribution in [2.24, 2.45) is 0 Å². The number of carboxylic acid groups (broad SMARTS) is 1. The Labute approximate surface area is 192 Å². The van der Waals surface area contributed by atoms with Crippen molar-refractivity contribution in [1.82, 2.24) is 29.3 Å². The van der Waals surface area contributed by atoms with Crippen LogP contribution in [0.25, 0.3) is 11.2 Å². The van der Waals surface area contributed by atoms with Crippen LogP contribution in [-0.4, -0.2) is 52.8 Å². The standard InChI is InChI=1S/C21H23N7O6/c1-3-5-8-27-18-17(19(30)23-21(27)33)26(4-2)14(22-18)11-34-15-7-6-13(24-25-15)28-10-12(20(31)32)9-16(28)29/h6-7,9H,3-5,8,10-11H2,1-2H3,(H,31,32)(H,23,30,33). The Bertz CT molecular complexity index is 1400. The molecular formula is C21H23N7O6. The number of rotatable bonds is 9. The van der Waals surface area contributed by atoms with Crippen molar-refractivity contribution in [2.45, 2.75) is 46.4 Å². The monoisotopic (exact) mass is 469 g/mol. The van der Waals surface area contributed by atoms with Gasteiger partial charge in [0.25, 0.3) is 11.5 Å². The van der Waals surface area contributed by atoms with Gasteiger partial charge in [-0.15, -0.1) is 10.2 Å². The van der Waals surface area contributed by atoms with Gasteiger partial charge in [0.2, 0.25) is 5.88 Å². The fourth-order valence-corrected chi connectivity index (χ4v) is 3.71. The third kappa shape index (κ3) is 4.19. The number of hydrogen-bond donors (Lipinski definition) is 2. The fraction of sp³-hybridized carbons (Fsp3) is 0.381. The van der Waals surface area contributed by atoms with E-state index in [1.807, 2.05) is 13.8 Å². The zero-order valence-electron chi connectivity index (χ0n) is 18.6. The smallest absolute Gasteiger partial charge is 0.333 e. The van der Waals surface area contributed by atoms with Crippen molar-refractivity contribution in [2.75, 3.05) is 11.4 Å². The zero-order valence-corrected chi connectivity index (χ0v) is 18.6. The maximum Gasteiger partial charge on any atom is 0.333 e. The molecule has 0 unspecified atom stereocenters. The molecule has 3 aromatic heterocycles. The summed E-state index contributed by atoms with van der Waals surface area (Å²) in [5.74, 6) is -0.876. The predicted molar refractivity (Wildman–Crippen MR) is 120 cm³/mol. The van der Waals surface area contributed by atoms with E-state index in [-0.39, 0.29) is 30.4 Å². The molecule has 34 heavy (non-hydrogen) atoms. The SMILES string of the molecule is CCCCn1c(=O)[nH]c(=O)c2c1nc(COc1ccc(N3CC(C(=O)O)=CC3=O)nn1)n2CC. The molecule has 0 atom stereocenters. The Morgan fingerprint density at radius 1 is 1.18 bits per heavy atom. The van der Waals surface area contributed by atoms with Crippen LogP contribution in [0.15, 0.2) is 33.4 Å². The average molecular weight is 469 g/mol. The molecule has 2 N–H and O–H groups in total. The van der Waals surface area contributed by atoms with Gasteiger partial charge < -0.3 is 14.4 Å². The largest absolute Gasteiger partial charge is 0.478 e. The molecule has 0 radical (unpaired) electrons. The van der Waals surface area contributed by atoms with E-state index in [1.165, 1.54) is 21.6 Å². The lowest BCUT2D eigenvalue weighted by Crippen LogP contribution is -2.31. The number of ether oxygens (including phenoxy) is 1. The number of imidazole rings is 1. The van der Waals surface area contributed by atoms with Gasteiger partial charge >= 0.3 is 11.7 Å². The van der Waals surface area contributed by atoms with Crippen LogP contribution in [0.5, 0.6) is 5.88 Å². The van der Waals surface area contributed by atoms with E-state index in [0.717, 1.165) is 18.9 Å². The first-order valence-electron chi connectivity index (χ1n) is 10.8. The van der Waals surface area contributed by atoms with E-state index < -0.39 is 23.1 Å². The number of aromatic nitrogens is 6. The first-order valence-corrected chi connectivity index (χ1v) is 10.8. The van der Waals surface area contributed by atoms with Crippen molar-refractivity contribution >= 4 is 28.9 Å². The third-order valence-electron chi connectivity index (χ3n) is 5.43. The number of carbonyl (C=O) groups excluding carboxylic acids is 1. The zero-order chi connectivity index (χ0) is 24.4. The number of amides is 1. The van der Waals surface area contributed by atoms with E-state index >= 15 is 0 Å². The van der Waals surface area contributed by atoms with Gasteiger partial charge in [0.15, 0.2) is 17.0 Å². The first-order chi connectivity index (χ1) is 16.3. The number of aliphatic carboxylic acids is 1. The van der Waals surface area contributed by atoms with Crippen LogP contribution in [0, 0.1) is 0 Å². The highest BCUT2D eigenvalue weighted by atomic mass is 16.5. The number of anilines is 1. The molecule has 0 saturated heterocycles. The van der Waals surface area contributed by atoms with Crippen LogP contribution in [-0.2, 0) is 29.3 Å². The number of unbranched alkanes of at least 4 members (excludes halogenated alkanes) is 1. The number of carbonyl (C=O) groups is 2. The number of H-pyrrole nitrogens is 1. The lowest BCUT2D eigenvalue weighted by atomic mass is 10.3. The Balaban J connectivity index is 1.55. The van der Waals surface area contributed by atoms with Crippen LogP contribution in [0.2, 0.25) is 0 Å². The quantitative estimate of drug-likeness (QED) is 0.452. The van der Waals surface area contributed by atoms with Crippen molar-refractivity contribution in [1.29, 1.82) is 0 Å². The first kappa shape index (κ1) is 22.9. The number of nitrogens with one attached hydrogen (secondary N) is 1. The van der Waals surface area contributed by atoms with E-state index in [0.29, 0.717) is 30.1 Å². The van der Waals surface area contributed by atoms with E-state index in [1.54, 1.807) is 4.57 Å². The van der Waals surface area contributed by atoms with E-state index in [2.05, 4.69) is 20.2 Å². The number of aromatic amines is 1. The van der Waals surface area contributed by atoms with Crippen molar-refractivity contribution in [3.63, 3.8) is 0 Å². The van der Waals surface area contributed by atoms with Gasteiger partial charge in [0.1, 0.15) is 12.4 Å². The lowest BCUT2D eigenvalue weighted by molar-refractivity contribution is -0.132. The Morgan fingerprint density at radius 3 is 2.59 bits per heavy atom. The maximum absolute atomic E-state index is 12.5. The Morgan fingerprint density at radius 2 is 1.97 bits per heavy atom. The minimum Gasteiger partial charge on any atom is -0.478 e. The summed E-state index contributed by atoms with van der Waals surface area (Å²) in [6, 6.07) is 2.99. The molecule has 0 fully saturated rings. The molecule has 178 valence electrons. The fourth-order valence-electron chi connectivity index (χ4n) is 3.71. The molecule has 0 spiro atoms. The van der Waals surface area contributed by atoms with Gasteiger partial charge in [-0.1, -0.05) is 13.3 Å². The number of hydrogen-bond acceptors (Lipinski definition) is 8. The predicted octanol–water partition coefficient (Wildman–Crippen LogP) is 0.433. The molecule has 1 aliphatic heterocycles. The van der Waals surface area contributed by atoms with E-state index in [4.69, 9.17) is 9.84 Å². The normalized spacial score (nSPS) is 13.5. The minimum atomic E-state index is -1.17. The van der Waals surface area contributed by atoms with Gasteiger partial charge in [0.05, 0.1) is 12.1 Å². The maximum atomic E-state index is 12.5. The lowest BCUT2D eigenvalue weighted by Gasteiger charge is -2.14. The molecule has 1 amide bonds. The third-order valence-corrected chi connectivity index (χ3v) is 5.43. The molecule has 4 rings (SSSR count). The van der Waals surface area contributed by atoms with Gasteiger partial charge in [-0.05, 0) is 19.4 Å². The van der Waals surface area contributed by atoms with Crippen LogP contribution in [0.4, 0.5) is 5.82 Å². The molecule has 0 aliphatic carbocycles. The molecule has 0 aromatic carbocycles. The number of carboxylic acids is 1. The number of fused-ring (bicyclic) bond motifs is 1. The summed E-state index contributed by atoms with van der Waals surface area (Å²) < 4.78 is 8.83. The Hall–Kier alpha value is -4.29. The second-order valence-corrected chi connectivity index (χ2v) is 7.63. The molecule has 0 saturated carbocycles. The second kappa shape index (κ2) is 9.29. The molecular weight excluding hydrogens is 446 g/mol. The average Bonchev–Trinajstić information content (AvgIpc) is 3.39. The number of nitrogens with zero attached hydrogens (tertiary/aromatic N) is 6. The number of aryl methyl sites for hydroxylation is 2.